The van der Waals surface area contributed by atoms with Crippen molar-refractivity contribution >= 4 is 29.4 Å². The Labute approximate surface area is 174 Å². The summed E-state index contributed by atoms with van der Waals surface area (Å²) in [5, 5.41) is 17.1. The van der Waals surface area contributed by atoms with E-state index in [1.54, 1.807) is 13.2 Å². The maximum Gasteiger partial charge on any atom is 0.299 e. The molecule has 0 amide bonds. The normalized spacial score (nSPS) is 13.6. The van der Waals surface area contributed by atoms with Crippen LogP contribution in [0.5, 0.6) is 0 Å². The van der Waals surface area contributed by atoms with Gasteiger partial charge in [-0.25, -0.2) is 4.98 Å². The van der Waals surface area contributed by atoms with Crippen LogP contribution in [0.15, 0.2) is 36.5 Å². The Kier molecular flexibility index (Phi) is 6.61. The summed E-state index contributed by atoms with van der Waals surface area (Å²) < 4.78 is 34.2. The third kappa shape index (κ3) is 4.91. The Morgan fingerprint density at radius 3 is 2.73 bits per heavy atom. The fourth-order valence-corrected chi connectivity index (χ4v) is 2.82. The number of rotatable bonds is 11. The number of nitrogens with zero attached hydrogens (tertiary/aromatic N) is 2. The molecular formula is C21H26F2N6O. The van der Waals surface area contributed by atoms with Crippen molar-refractivity contribution in [3.05, 3.63) is 47.7 Å². The van der Waals surface area contributed by atoms with Gasteiger partial charge in [0.2, 0.25) is 5.95 Å². The van der Waals surface area contributed by atoms with Crippen LogP contribution in [0.4, 0.5) is 31.9 Å². The first-order chi connectivity index (χ1) is 14.4. The van der Waals surface area contributed by atoms with Gasteiger partial charge in [0.25, 0.3) is 5.92 Å². The number of anilines is 4. The van der Waals surface area contributed by atoms with Gasteiger partial charge in [0, 0.05) is 43.4 Å². The van der Waals surface area contributed by atoms with Crippen molar-refractivity contribution in [2.75, 3.05) is 36.2 Å². The zero-order chi connectivity index (χ0) is 21.7. The summed E-state index contributed by atoms with van der Waals surface area (Å²) in [6, 6.07) is 5.57. The zero-order valence-corrected chi connectivity index (χ0v) is 17.1. The molecule has 1 heterocycles. The standard InChI is InChI=1S/C21H26F2N6O/c1-13(2)21(22,23)16-12-26-20(29-19(16)27-14-7-8-14)28-18-6-4-5-17(15(18)11-24)25-9-10-30-3/h4-6,11-12,14,24-25H,1,7-10H2,2-3H3,(H2,26,27,28,29). The minimum Gasteiger partial charge on any atom is -0.383 e. The molecule has 1 fully saturated rings. The van der Waals surface area contributed by atoms with E-state index in [9.17, 15) is 8.78 Å². The van der Waals surface area contributed by atoms with E-state index in [2.05, 4.69) is 32.5 Å². The number of benzene rings is 1. The Bertz CT molecular complexity index is 930. The number of hydrogen-bond acceptors (Lipinski definition) is 7. The summed E-state index contributed by atoms with van der Waals surface area (Å²) in [6.07, 6.45) is 4.17. The molecule has 3 rings (SSSR count). The van der Waals surface area contributed by atoms with Gasteiger partial charge in [0.1, 0.15) is 5.82 Å². The lowest BCUT2D eigenvalue weighted by Crippen LogP contribution is -2.20. The van der Waals surface area contributed by atoms with E-state index in [1.165, 1.54) is 13.1 Å². The number of allylic oxidation sites excluding steroid dienone is 1. The molecule has 0 atom stereocenters. The molecule has 1 aliphatic carbocycles. The molecule has 0 spiro atoms. The lowest BCUT2D eigenvalue weighted by atomic mass is 10.1. The highest BCUT2D eigenvalue weighted by atomic mass is 19.3. The smallest absolute Gasteiger partial charge is 0.299 e. The van der Waals surface area contributed by atoms with Crippen LogP contribution in [0, 0.1) is 5.41 Å². The van der Waals surface area contributed by atoms with Crippen LogP contribution >= 0.6 is 0 Å². The molecule has 0 radical (unpaired) electrons. The molecule has 0 saturated heterocycles. The number of ether oxygens (including phenoxy) is 1. The number of methoxy groups -OCH3 is 1. The van der Waals surface area contributed by atoms with Crippen molar-refractivity contribution in [2.45, 2.75) is 31.7 Å². The number of hydrogen-bond donors (Lipinski definition) is 4. The fourth-order valence-electron chi connectivity index (χ4n) is 2.82. The maximum absolute atomic E-state index is 14.6. The summed E-state index contributed by atoms with van der Waals surface area (Å²) in [7, 11) is 1.61. The second-order valence-electron chi connectivity index (χ2n) is 7.18. The van der Waals surface area contributed by atoms with Crippen LogP contribution < -0.4 is 16.0 Å². The van der Waals surface area contributed by atoms with Crippen molar-refractivity contribution in [2.24, 2.45) is 0 Å². The van der Waals surface area contributed by atoms with Crippen molar-refractivity contribution < 1.29 is 13.5 Å². The predicted octanol–water partition coefficient (Wildman–Crippen LogP) is 4.52. The SMILES string of the molecule is C=C(C)C(F)(F)c1cnc(Nc2cccc(NCCOC)c2C=N)nc1NC1CC1. The molecule has 9 heteroatoms. The Morgan fingerprint density at radius 2 is 2.10 bits per heavy atom. The number of halogens is 2. The minimum atomic E-state index is -3.24. The van der Waals surface area contributed by atoms with Gasteiger partial charge in [0.15, 0.2) is 0 Å². The molecule has 0 unspecified atom stereocenters. The maximum atomic E-state index is 14.6. The van der Waals surface area contributed by atoms with Gasteiger partial charge in [-0.15, -0.1) is 0 Å². The molecular weight excluding hydrogens is 390 g/mol. The number of aromatic nitrogens is 2. The first-order valence-corrected chi connectivity index (χ1v) is 9.68. The highest BCUT2D eigenvalue weighted by Gasteiger charge is 2.38. The third-order valence-electron chi connectivity index (χ3n) is 4.70. The average Bonchev–Trinajstić information content (AvgIpc) is 3.52. The molecule has 160 valence electrons. The average molecular weight is 416 g/mol. The van der Waals surface area contributed by atoms with Gasteiger partial charge in [-0.3, -0.25) is 0 Å². The second-order valence-corrected chi connectivity index (χ2v) is 7.18. The van der Waals surface area contributed by atoms with E-state index in [-0.39, 0.29) is 28.9 Å². The topological polar surface area (TPSA) is 95.0 Å². The molecule has 1 saturated carbocycles. The fraction of sp³-hybridized carbons (Fsp3) is 0.381. The molecule has 30 heavy (non-hydrogen) atoms. The lowest BCUT2D eigenvalue weighted by Gasteiger charge is -2.21. The Hall–Kier alpha value is -3.07. The molecule has 1 aromatic carbocycles. The van der Waals surface area contributed by atoms with E-state index in [0.29, 0.717) is 24.4 Å². The summed E-state index contributed by atoms with van der Waals surface area (Å²) in [4.78, 5) is 8.40. The molecule has 1 aliphatic rings. The predicted molar refractivity (Wildman–Crippen MR) is 115 cm³/mol. The number of nitrogens with one attached hydrogen (secondary N) is 4. The van der Waals surface area contributed by atoms with Gasteiger partial charge in [-0.2, -0.15) is 13.8 Å². The summed E-state index contributed by atoms with van der Waals surface area (Å²) in [6.45, 7) is 5.79. The van der Waals surface area contributed by atoms with Crippen molar-refractivity contribution in [1.82, 2.24) is 9.97 Å². The first kappa shape index (κ1) is 21.6. The van der Waals surface area contributed by atoms with Crippen LogP contribution in [0.1, 0.15) is 30.9 Å². The van der Waals surface area contributed by atoms with Crippen molar-refractivity contribution in [3.63, 3.8) is 0 Å². The van der Waals surface area contributed by atoms with Crippen LogP contribution in [0.2, 0.25) is 0 Å². The van der Waals surface area contributed by atoms with E-state index >= 15 is 0 Å². The van der Waals surface area contributed by atoms with Gasteiger partial charge < -0.3 is 26.1 Å². The monoisotopic (exact) mass is 416 g/mol. The Balaban J connectivity index is 1.90. The first-order valence-electron chi connectivity index (χ1n) is 9.68. The molecule has 0 aliphatic heterocycles. The van der Waals surface area contributed by atoms with Crippen LogP contribution in [-0.4, -0.2) is 42.5 Å². The largest absolute Gasteiger partial charge is 0.383 e. The van der Waals surface area contributed by atoms with Gasteiger partial charge in [0.05, 0.1) is 17.9 Å². The lowest BCUT2D eigenvalue weighted by molar-refractivity contribution is 0.0386. The quantitative estimate of drug-likeness (QED) is 0.244. The highest BCUT2D eigenvalue weighted by molar-refractivity contribution is 5.94. The van der Waals surface area contributed by atoms with E-state index < -0.39 is 5.92 Å². The molecule has 1 aromatic heterocycles. The van der Waals surface area contributed by atoms with E-state index in [4.69, 9.17) is 10.1 Å². The Morgan fingerprint density at radius 1 is 1.37 bits per heavy atom. The van der Waals surface area contributed by atoms with Crippen LogP contribution in [0.3, 0.4) is 0 Å². The second kappa shape index (κ2) is 9.17. The molecule has 0 bridgehead atoms. The molecule has 7 nitrogen and oxygen atoms in total. The summed E-state index contributed by atoms with van der Waals surface area (Å²) in [5.74, 6) is -2.98. The minimum absolute atomic E-state index is 0.0915. The van der Waals surface area contributed by atoms with Gasteiger partial charge in [-0.05, 0) is 37.5 Å². The van der Waals surface area contributed by atoms with Gasteiger partial charge >= 0.3 is 0 Å². The summed E-state index contributed by atoms with van der Waals surface area (Å²) in [5.41, 5.74) is 1.37. The van der Waals surface area contributed by atoms with Gasteiger partial charge in [-0.1, -0.05) is 12.6 Å². The third-order valence-corrected chi connectivity index (χ3v) is 4.70. The van der Waals surface area contributed by atoms with E-state index in [1.807, 2.05) is 12.1 Å². The van der Waals surface area contributed by atoms with Crippen molar-refractivity contribution in [1.29, 1.82) is 5.41 Å². The van der Waals surface area contributed by atoms with Crippen LogP contribution in [0.25, 0.3) is 0 Å². The molecule has 4 N–H and O–H groups in total. The van der Waals surface area contributed by atoms with Crippen molar-refractivity contribution in [3.8, 4) is 0 Å². The highest BCUT2D eigenvalue weighted by Crippen LogP contribution is 2.39. The van der Waals surface area contributed by atoms with Crippen LogP contribution in [-0.2, 0) is 10.7 Å². The number of alkyl halides is 2. The zero-order valence-electron chi connectivity index (χ0n) is 17.1. The molecule has 2 aromatic rings. The summed E-state index contributed by atoms with van der Waals surface area (Å²) >= 11 is 0. The van der Waals surface area contributed by atoms with E-state index in [0.717, 1.165) is 24.7 Å².